The molecule has 0 aliphatic rings. The van der Waals surface area contributed by atoms with E-state index in [1.807, 2.05) is 30.3 Å². The van der Waals surface area contributed by atoms with E-state index in [1.165, 1.54) is 10.5 Å². The van der Waals surface area contributed by atoms with Crippen molar-refractivity contribution in [2.75, 3.05) is 5.32 Å². The number of nitrogens with zero attached hydrogens (tertiary/aromatic N) is 1. The second kappa shape index (κ2) is 6.78. The molecule has 0 atom stereocenters. The second-order valence-corrected chi connectivity index (χ2v) is 5.47. The summed E-state index contributed by atoms with van der Waals surface area (Å²) in [7, 11) is 0. The van der Waals surface area contributed by atoms with Crippen molar-refractivity contribution in [2.45, 2.75) is 23.1 Å². The highest BCUT2D eigenvalue weighted by Crippen LogP contribution is 2.28. The van der Waals surface area contributed by atoms with Gasteiger partial charge in [0.15, 0.2) is 0 Å². The summed E-state index contributed by atoms with van der Waals surface area (Å²) < 4.78 is 0. The Labute approximate surface area is 122 Å². The molecule has 0 aliphatic carbocycles. The van der Waals surface area contributed by atoms with Gasteiger partial charge in [-0.2, -0.15) is 5.26 Å². The first-order valence-electron chi connectivity index (χ1n) is 6.19. The van der Waals surface area contributed by atoms with E-state index in [2.05, 4.69) is 36.5 Å². The molecule has 0 radical (unpaired) electrons. The van der Waals surface area contributed by atoms with E-state index in [4.69, 9.17) is 5.26 Å². The first-order valence-corrected chi connectivity index (χ1v) is 7.00. The fourth-order valence-electron chi connectivity index (χ4n) is 1.63. The zero-order chi connectivity index (χ0) is 14.4. The van der Waals surface area contributed by atoms with Crippen LogP contribution >= 0.6 is 11.8 Å². The van der Waals surface area contributed by atoms with E-state index >= 15 is 0 Å². The molecule has 0 aliphatic heterocycles. The van der Waals surface area contributed by atoms with Gasteiger partial charge in [0.25, 0.3) is 0 Å². The number of nitriles is 1. The summed E-state index contributed by atoms with van der Waals surface area (Å²) in [5.41, 5.74) is 1.95. The highest BCUT2D eigenvalue weighted by Gasteiger charge is 2.02. The van der Waals surface area contributed by atoms with Crippen LogP contribution in [0.2, 0.25) is 0 Å². The molecule has 0 saturated heterocycles. The van der Waals surface area contributed by atoms with Gasteiger partial charge < -0.3 is 5.32 Å². The Kier molecular flexibility index (Phi) is 4.80. The van der Waals surface area contributed by atoms with Crippen LogP contribution in [0.4, 0.5) is 5.69 Å². The number of hydrogen-bond acceptors (Lipinski definition) is 3. The normalized spacial score (nSPS) is 9.80. The number of hydrogen-bond donors (Lipinski definition) is 1. The Bertz CT molecular complexity index is 627. The fraction of sp³-hybridized carbons (Fsp3) is 0.125. The molecule has 100 valence electrons. The maximum absolute atomic E-state index is 11.3. The summed E-state index contributed by atoms with van der Waals surface area (Å²) in [5, 5.41) is 11.1. The molecule has 0 saturated carbocycles. The van der Waals surface area contributed by atoms with Gasteiger partial charge >= 0.3 is 0 Å². The van der Waals surface area contributed by atoms with Crippen molar-refractivity contribution in [1.82, 2.24) is 0 Å². The molecule has 0 bridgehead atoms. The summed E-state index contributed by atoms with van der Waals surface area (Å²) in [6.07, 6.45) is -0.125. The van der Waals surface area contributed by atoms with E-state index in [9.17, 15) is 4.79 Å². The molecule has 1 amide bonds. The van der Waals surface area contributed by atoms with E-state index in [0.29, 0.717) is 5.69 Å². The number of rotatable bonds is 4. The fourth-order valence-corrected chi connectivity index (χ4v) is 2.44. The number of carbonyl (C=O) groups is 1. The van der Waals surface area contributed by atoms with Crippen LogP contribution in [0.5, 0.6) is 0 Å². The standard InChI is InChI=1S/C16H14N2OS/c1-12-2-6-14(7-3-12)20-15-8-4-13(5-9-15)18-16(19)10-11-17/h2-9H,10H2,1H3,(H,18,19). The predicted octanol–water partition coefficient (Wildman–Crippen LogP) is 4.00. The van der Waals surface area contributed by atoms with Crippen molar-refractivity contribution in [3.8, 4) is 6.07 Å². The Hall–Kier alpha value is -2.25. The number of amides is 1. The minimum Gasteiger partial charge on any atom is -0.325 e. The van der Waals surface area contributed by atoms with Crippen molar-refractivity contribution in [3.05, 3.63) is 54.1 Å². The van der Waals surface area contributed by atoms with Gasteiger partial charge in [-0.25, -0.2) is 0 Å². The third kappa shape index (κ3) is 4.15. The minimum absolute atomic E-state index is 0.125. The summed E-state index contributed by atoms with van der Waals surface area (Å²) >= 11 is 1.67. The van der Waals surface area contributed by atoms with Crippen LogP contribution in [0, 0.1) is 18.3 Å². The second-order valence-electron chi connectivity index (χ2n) is 4.32. The topological polar surface area (TPSA) is 52.9 Å². The monoisotopic (exact) mass is 282 g/mol. The number of aryl methyl sites for hydroxylation is 1. The molecular weight excluding hydrogens is 268 g/mol. The lowest BCUT2D eigenvalue weighted by atomic mass is 10.2. The maximum Gasteiger partial charge on any atom is 0.238 e. The zero-order valence-corrected chi connectivity index (χ0v) is 11.9. The molecule has 0 unspecified atom stereocenters. The van der Waals surface area contributed by atoms with E-state index in [-0.39, 0.29) is 12.3 Å². The van der Waals surface area contributed by atoms with Crippen LogP contribution in [-0.4, -0.2) is 5.91 Å². The van der Waals surface area contributed by atoms with Gasteiger partial charge in [0.2, 0.25) is 5.91 Å². The third-order valence-corrected chi connectivity index (χ3v) is 3.65. The van der Waals surface area contributed by atoms with Crippen LogP contribution in [0.3, 0.4) is 0 Å². The SMILES string of the molecule is Cc1ccc(Sc2ccc(NC(=O)CC#N)cc2)cc1. The highest BCUT2D eigenvalue weighted by atomic mass is 32.2. The molecule has 3 nitrogen and oxygen atoms in total. The summed E-state index contributed by atoms with van der Waals surface area (Å²) in [6, 6.07) is 17.7. The van der Waals surface area contributed by atoms with Crippen LogP contribution in [0.15, 0.2) is 58.3 Å². The molecule has 0 heterocycles. The van der Waals surface area contributed by atoms with Gasteiger partial charge in [0.1, 0.15) is 6.42 Å². The molecule has 4 heteroatoms. The van der Waals surface area contributed by atoms with Crippen molar-refractivity contribution < 1.29 is 4.79 Å². The Balaban J connectivity index is 1.99. The Morgan fingerprint density at radius 2 is 1.65 bits per heavy atom. The first kappa shape index (κ1) is 14.2. The molecule has 1 N–H and O–H groups in total. The zero-order valence-electron chi connectivity index (χ0n) is 11.1. The van der Waals surface area contributed by atoms with E-state index in [0.717, 1.165) is 4.90 Å². The van der Waals surface area contributed by atoms with Crippen LogP contribution in [-0.2, 0) is 4.79 Å². The van der Waals surface area contributed by atoms with Crippen molar-refractivity contribution in [3.63, 3.8) is 0 Å². The summed E-state index contributed by atoms with van der Waals surface area (Å²) in [6.45, 7) is 2.06. The number of nitrogens with one attached hydrogen (secondary N) is 1. The summed E-state index contributed by atoms with van der Waals surface area (Å²) in [5.74, 6) is -0.286. The van der Waals surface area contributed by atoms with Crippen LogP contribution in [0.25, 0.3) is 0 Å². The lowest BCUT2D eigenvalue weighted by Gasteiger charge is -2.05. The maximum atomic E-state index is 11.3. The Morgan fingerprint density at radius 3 is 2.20 bits per heavy atom. The average molecular weight is 282 g/mol. The van der Waals surface area contributed by atoms with Crippen molar-refractivity contribution in [1.29, 1.82) is 5.26 Å². The van der Waals surface area contributed by atoms with Crippen molar-refractivity contribution in [2.24, 2.45) is 0 Å². The molecule has 2 rings (SSSR count). The molecule has 20 heavy (non-hydrogen) atoms. The van der Waals surface area contributed by atoms with Gasteiger partial charge in [0.05, 0.1) is 6.07 Å². The lowest BCUT2D eigenvalue weighted by molar-refractivity contribution is -0.115. The lowest BCUT2D eigenvalue weighted by Crippen LogP contribution is -2.09. The van der Waals surface area contributed by atoms with Gasteiger partial charge in [-0.15, -0.1) is 0 Å². The molecule has 2 aromatic carbocycles. The van der Waals surface area contributed by atoms with Gasteiger partial charge in [-0.1, -0.05) is 29.5 Å². The third-order valence-electron chi connectivity index (χ3n) is 2.63. The Morgan fingerprint density at radius 1 is 1.10 bits per heavy atom. The molecule has 0 fully saturated rings. The quantitative estimate of drug-likeness (QED) is 0.922. The van der Waals surface area contributed by atoms with Gasteiger partial charge in [-0.3, -0.25) is 4.79 Å². The molecule has 0 spiro atoms. The van der Waals surface area contributed by atoms with Gasteiger partial charge in [0, 0.05) is 15.5 Å². The number of anilines is 1. The minimum atomic E-state index is -0.286. The van der Waals surface area contributed by atoms with Crippen molar-refractivity contribution >= 4 is 23.4 Å². The highest BCUT2D eigenvalue weighted by molar-refractivity contribution is 7.99. The number of benzene rings is 2. The van der Waals surface area contributed by atoms with Gasteiger partial charge in [-0.05, 0) is 43.3 Å². The van der Waals surface area contributed by atoms with E-state index < -0.39 is 0 Å². The molecule has 0 aromatic heterocycles. The van der Waals surface area contributed by atoms with E-state index in [1.54, 1.807) is 11.8 Å². The smallest absolute Gasteiger partial charge is 0.238 e. The average Bonchev–Trinajstić information content (AvgIpc) is 2.44. The van der Waals surface area contributed by atoms with Crippen LogP contribution < -0.4 is 5.32 Å². The first-order chi connectivity index (χ1) is 9.67. The molecular formula is C16H14N2OS. The van der Waals surface area contributed by atoms with Crippen LogP contribution in [0.1, 0.15) is 12.0 Å². The summed E-state index contributed by atoms with van der Waals surface area (Å²) in [4.78, 5) is 13.6. The molecule has 2 aromatic rings. The number of carbonyl (C=O) groups excluding carboxylic acids is 1. The largest absolute Gasteiger partial charge is 0.325 e. The predicted molar refractivity (Wildman–Crippen MR) is 80.6 cm³/mol.